The van der Waals surface area contributed by atoms with Crippen molar-refractivity contribution in [3.8, 4) is 11.1 Å². The number of nitrogens with zero attached hydrogens (tertiary/aromatic N) is 2. The molecular weight excluding hydrogens is 765 g/mol. The number of fused-ring (bicyclic) bond motifs is 10. The van der Waals surface area contributed by atoms with E-state index in [0.717, 1.165) is 64.8 Å². The van der Waals surface area contributed by atoms with Crippen LogP contribution in [0, 0.1) is 0 Å². The van der Waals surface area contributed by atoms with Gasteiger partial charge < -0.3 is 19.3 Å². The van der Waals surface area contributed by atoms with Gasteiger partial charge in [0.15, 0.2) is 0 Å². The molecule has 8 bridgehead atoms. The highest BCUT2D eigenvalue weighted by Gasteiger charge is 2.36. The standard InChI is InChI=1S/C42H30N2O4S3.C2H6OS/c45-51(46)41-17-13-29-23-31(41)32-24-30(14-18-42(32)51)44-34-8-2-4-10-38(34)50-40-16-12-28(22-36(40)44)26-48-20-6-5-19-47-25-27-11-15-39-35(21-27)43(29)33-7-1-3-9-37(33)49-39;1-4(2)3/h1-18,21-24H,19-20,25-26H2;1-2H3/b6-5+;/i;1D3,2D3. The van der Waals surface area contributed by atoms with Crippen molar-refractivity contribution in [2.24, 2.45) is 0 Å². The third-order valence-electron chi connectivity index (χ3n) is 9.62. The van der Waals surface area contributed by atoms with Crippen molar-refractivity contribution < 1.29 is 30.3 Å². The molecular formula is C44H36N2O5S4. The summed E-state index contributed by atoms with van der Waals surface area (Å²) in [6, 6.07) is 41.1. The Morgan fingerprint density at radius 2 is 1.04 bits per heavy atom. The van der Waals surface area contributed by atoms with Crippen LogP contribution in [0.3, 0.4) is 0 Å². The van der Waals surface area contributed by atoms with Crippen molar-refractivity contribution in [2.75, 3.05) is 35.4 Å². The predicted molar refractivity (Wildman–Crippen MR) is 223 cm³/mol. The van der Waals surface area contributed by atoms with Crippen LogP contribution in [-0.4, -0.2) is 38.2 Å². The summed E-state index contributed by atoms with van der Waals surface area (Å²) in [4.78, 5) is 9.68. The largest absolute Gasteiger partial charge is 0.373 e. The minimum atomic E-state index is -3.71. The van der Waals surface area contributed by atoms with E-state index in [2.05, 4.69) is 82.6 Å². The molecule has 55 heavy (non-hydrogen) atoms. The molecule has 4 aliphatic rings. The molecule has 6 aromatic carbocycles. The molecule has 0 saturated carbocycles. The maximum absolute atomic E-state index is 14.1. The van der Waals surface area contributed by atoms with Crippen LogP contribution in [0.2, 0.25) is 0 Å². The van der Waals surface area contributed by atoms with E-state index in [1.165, 1.54) is 0 Å². The fourth-order valence-electron chi connectivity index (χ4n) is 7.28. The van der Waals surface area contributed by atoms with Crippen molar-refractivity contribution >= 4 is 78.3 Å². The van der Waals surface area contributed by atoms with Crippen LogP contribution in [0.5, 0.6) is 0 Å². The summed E-state index contributed by atoms with van der Waals surface area (Å²) in [6.07, 6.45) is -1.79. The molecule has 0 radical (unpaired) electrons. The maximum atomic E-state index is 14.1. The topological polar surface area (TPSA) is 76.2 Å². The number of rotatable bonds is 0. The fraction of sp³-hybridized carbons (Fsp3) is 0.136. The lowest BCUT2D eigenvalue weighted by Crippen LogP contribution is -2.15. The number of sulfone groups is 1. The number of ether oxygens (including phenoxy) is 2. The zero-order chi connectivity index (χ0) is 42.7. The first-order valence-electron chi connectivity index (χ1n) is 20.3. The zero-order valence-corrected chi connectivity index (χ0v) is 32.4. The van der Waals surface area contributed by atoms with Gasteiger partial charge in [-0.25, -0.2) is 8.42 Å². The van der Waals surface area contributed by atoms with Crippen molar-refractivity contribution in [3.63, 3.8) is 0 Å². The maximum Gasteiger partial charge on any atom is 0.207 e. The Bertz CT molecular complexity index is 2700. The van der Waals surface area contributed by atoms with E-state index in [9.17, 15) is 12.6 Å². The molecule has 0 aromatic heterocycles. The number of benzene rings is 6. The Morgan fingerprint density at radius 1 is 0.582 bits per heavy atom. The highest BCUT2D eigenvalue weighted by molar-refractivity contribution is 8.00. The molecule has 276 valence electrons. The van der Waals surface area contributed by atoms with Gasteiger partial charge in [-0.1, -0.05) is 72.1 Å². The van der Waals surface area contributed by atoms with Gasteiger partial charge in [0.2, 0.25) is 9.84 Å². The molecule has 0 aliphatic carbocycles. The Balaban J connectivity index is 0.000000426. The molecule has 0 fully saturated rings. The first-order valence-corrected chi connectivity index (χ1v) is 21.6. The van der Waals surface area contributed by atoms with Crippen LogP contribution in [0.25, 0.3) is 11.1 Å². The van der Waals surface area contributed by atoms with Crippen LogP contribution in [0.15, 0.2) is 163 Å². The summed E-state index contributed by atoms with van der Waals surface area (Å²) < 4.78 is 89.5. The Morgan fingerprint density at radius 3 is 1.49 bits per heavy atom. The molecule has 10 rings (SSSR count). The molecule has 11 heteroatoms. The van der Waals surface area contributed by atoms with Crippen LogP contribution < -0.4 is 9.80 Å². The third-order valence-corrected chi connectivity index (χ3v) is 13.8. The van der Waals surface area contributed by atoms with Crippen LogP contribution in [0.4, 0.5) is 34.1 Å². The number of para-hydroxylation sites is 2. The van der Waals surface area contributed by atoms with E-state index in [4.69, 9.17) is 17.7 Å². The molecule has 4 heterocycles. The fourth-order valence-corrected chi connectivity index (χ4v) is 11.0. The van der Waals surface area contributed by atoms with Crippen molar-refractivity contribution in [2.45, 2.75) is 42.6 Å². The van der Waals surface area contributed by atoms with Crippen molar-refractivity contribution in [1.82, 2.24) is 0 Å². The normalized spacial score (nSPS) is 18.6. The first-order chi connectivity index (χ1) is 29.2. The summed E-state index contributed by atoms with van der Waals surface area (Å²) in [5.41, 5.74) is 9.50. The summed E-state index contributed by atoms with van der Waals surface area (Å²) in [5.74, 6) is 0. The summed E-state index contributed by atoms with van der Waals surface area (Å²) >= 11 is 3.48. The van der Waals surface area contributed by atoms with Gasteiger partial charge in [0, 0.05) is 73.5 Å². The smallest absolute Gasteiger partial charge is 0.207 e. The van der Waals surface area contributed by atoms with E-state index in [1.807, 2.05) is 48.6 Å². The van der Waals surface area contributed by atoms with E-state index in [-0.39, 0.29) is 0 Å². The Kier molecular flexibility index (Phi) is 7.97. The minimum absolute atomic E-state index is 0.331. The molecule has 0 N–H and O–H groups in total. The molecule has 0 saturated heterocycles. The van der Waals surface area contributed by atoms with Gasteiger partial charge in [-0.2, -0.15) is 0 Å². The van der Waals surface area contributed by atoms with Gasteiger partial charge in [0.1, 0.15) is 0 Å². The van der Waals surface area contributed by atoms with Crippen LogP contribution in [0.1, 0.15) is 19.4 Å². The van der Waals surface area contributed by atoms with Crippen molar-refractivity contribution in [3.05, 3.63) is 145 Å². The van der Waals surface area contributed by atoms with Crippen LogP contribution in [-0.2, 0) is 43.3 Å². The molecule has 0 atom stereocenters. The molecule has 7 nitrogen and oxygen atoms in total. The van der Waals surface area contributed by atoms with E-state index < -0.39 is 33.0 Å². The first kappa shape index (κ1) is 29.6. The van der Waals surface area contributed by atoms with E-state index in [0.29, 0.717) is 47.3 Å². The van der Waals surface area contributed by atoms with Gasteiger partial charge in [-0.05, 0) is 96.1 Å². The lowest BCUT2D eigenvalue weighted by molar-refractivity contribution is 0.140. The quantitative estimate of drug-likeness (QED) is 0.139. The average molecular weight is 807 g/mol. The SMILES string of the molecule is O=S1(=O)c2ccc3cc2-c2cc(ccc21)N1c2ccccc2Sc2ccc(cc21)COC/C=C/COCc1ccc2c(c1)N3c1ccccc1S2.[2H]C([2H])([2H])S(=O)C([2H])([2H])[2H]. The van der Waals surface area contributed by atoms with Crippen LogP contribution >= 0.6 is 23.5 Å². The molecule has 4 aliphatic heterocycles. The van der Waals surface area contributed by atoms with E-state index in [1.54, 1.807) is 35.7 Å². The number of hydrogen-bond acceptors (Lipinski definition) is 9. The van der Waals surface area contributed by atoms with Gasteiger partial charge in [-0.15, -0.1) is 0 Å². The second-order valence-corrected chi connectivity index (χ2v) is 17.6. The van der Waals surface area contributed by atoms with E-state index >= 15 is 0 Å². The highest BCUT2D eigenvalue weighted by atomic mass is 32.2. The Hall–Kier alpha value is -4.62. The summed E-state index contributed by atoms with van der Waals surface area (Å²) in [5, 5.41) is 0. The average Bonchev–Trinajstić information content (AvgIpc) is 3.46. The third kappa shape index (κ3) is 6.73. The minimum Gasteiger partial charge on any atom is -0.373 e. The second kappa shape index (κ2) is 14.8. The highest BCUT2D eigenvalue weighted by Crippen LogP contribution is 2.56. The molecule has 6 aromatic rings. The monoisotopic (exact) mass is 806 g/mol. The number of hydrogen-bond donors (Lipinski definition) is 0. The van der Waals surface area contributed by atoms with Gasteiger partial charge in [0.05, 0.1) is 59.0 Å². The number of anilines is 6. The summed E-state index contributed by atoms with van der Waals surface area (Å²) in [7, 11) is -6.47. The van der Waals surface area contributed by atoms with Crippen molar-refractivity contribution in [1.29, 1.82) is 0 Å². The predicted octanol–water partition coefficient (Wildman–Crippen LogP) is 11.0. The lowest BCUT2D eigenvalue weighted by Gasteiger charge is -2.34. The molecule has 0 unspecified atom stereocenters. The second-order valence-electron chi connectivity index (χ2n) is 13.0. The van der Waals surface area contributed by atoms with Gasteiger partial charge in [-0.3, -0.25) is 4.21 Å². The lowest BCUT2D eigenvalue weighted by atomic mass is 10.0. The molecule has 0 spiro atoms. The summed E-state index contributed by atoms with van der Waals surface area (Å²) in [6.45, 7) is 1.88. The van der Waals surface area contributed by atoms with Gasteiger partial charge in [0.25, 0.3) is 0 Å². The molecule has 0 amide bonds. The van der Waals surface area contributed by atoms with Gasteiger partial charge >= 0.3 is 0 Å². The zero-order valence-electron chi connectivity index (χ0n) is 35.1. The Labute approximate surface area is 340 Å².